The van der Waals surface area contributed by atoms with E-state index < -0.39 is 5.82 Å². The van der Waals surface area contributed by atoms with Crippen molar-refractivity contribution in [2.24, 2.45) is 0 Å². The van der Waals surface area contributed by atoms with Crippen LogP contribution in [0.2, 0.25) is 5.02 Å². The second-order valence-corrected chi connectivity index (χ2v) is 5.47. The van der Waals surface area contributed by atoms with E-state index in [0.717, 1.165) is 0 Å². The summed E-state index contributed by atoms with van der Waals surface area (Å²) in [6.45, 7) is 1.98. The molecule has 2 rings (SSSR count). The molecule has 0 bridgehead atoms. The van der Waals surface area contributed by atoms with E-state index in [1.807, 2.05) is 6.92 Å². The Morgan fingerprint density at radius 2 is 2.27 bits per heavy atom. The molecule has 0 saturated heterocycles. The molecule has 1 unspecified atom stereocenters. The van der Waals surface area contributed by atoms with Gasteiger partial charge < -0.3 is 0 Å². The summed E-state index contributed by atoms with van der Waals surface area (Å²) in [6.07, 6.45) is 0.471. The molecule has 0 amide bonds. The Bertz CT molecular complexity index is 419. The maximum atomic E-state index is 13.7. The lowest BCUT2D eigenvalue weighted by Gasteiger charge is -2.06. The first kappa shape index (κ1) is 11.0. The van der Waals surface area contributed by atoms with Gasteiger partial charge in [0.25, 0.3) is 0 Å². The van der Waals surface area contributed by atoms with Gasteiger partial charge >= 0.3 is 0 Å². The standard InChI is InChI=1S/C11H10ClFOS/c1-6-4-10(14)7-2-3-9(12)11(13)8(7)5-15-6/h2-3,6H,4-5H2,1H3. The topological polar surface area (TPSA) is 17.1 Å². The van der Waals surface area contributed by atoms with Crippen LogP contribution in [-0.4, -0.2) is 11.0 Å². The molecule has 0 radical (unpaired) electrons. The summed E-state index contributed by atoms with van der Waals surface area (Å²) in [6, 6.07) is 3.08. The molecule has 80 valence electrons. The van der Waals surface area contributed by atoms with Crippen LogP contribution in [0.3, 0.4) is 0 Å². The molecule has 1 nitrogen and oxygen atoms in total. The Kier molecular flexibility index (Phi) is 3.03. The second kappa shape index (κ2) is 4.14. The van der Waals surface area contributed by atoms with E-state index in [1.54, 1.807) is 17.8 Å². The zero-order valence-electron chi connectivity index (χ0n) is 8.22. The van der Waals surface area contributed by atoms with E-state index in [-0.39, 0.29) is 16.1 Å². The van der Waals surface area contributed by atoms with Gasteiger partial charge in [0.05, 0.1) is 5.02 Å². The molecule has 1 aromatic carbocycles. The number of hydrogen-bond acceptors (Lipinski definition) is 2. The fourth-order valence-corrected chi connectivity index (χ4v) is 2.83. The van der Waals surface area contributed by atoms with E-state index in [9.17, 15) is 9.18 Å². The highest BCUT2D eigenvalue weighted by Crippen LogP contribution is 2.32. The van der Waals surface area contributed by atoms with Crippen LogP contribution in [-0.2, 0) is 5.75 Å². The van der Waals surface area contributed by atoms with Crippen LogP contribution in [0.15, 0.2) is 12.1 Å². The van der Waals surface area contributed by atoms with Gasteiger partial charge in [0.1, 0.15) is 5.82 Å². The maximum absolute atomic E-state index is 13.7. The highest BCUT2D eigenvalue weighted by atomic mass is 35.5. The van der Waals surface area contributed by atoms with Crippen molar-refractivity contribution in [2.75, 3.05) is 0 Å². The number of ketones is 1. The summed E-state index contributed by atoms with van der Waals surface area (Å²) in [4.78, 5) is 11.8. The number of rotatable bonds is 0. The number of thioether (sulfide) groups is 1. The number of halogens is 2. The number of Topliss-reactive ketones (excluding diaryl/α,β-unsaturated/α-hetero) is 1. The molecular formula is C11H10ClFOS. The minimum atomic E-state index is -0.441. The Morgan fingerprint density at radius 3 is 3.00 bits per heavy atom. The van der Waals surface area contributed by atoms with Crippen LogP contribution in [0.4, 0.5) is 4.39 Å². The molecule has 0 fully saturated rings. The summed E-state index contributed by atoms with van der Waals surface area (Å²) in [5, 5.41) is 0.333. The van der Waals surface area contributed by atoms with Crippen molar-refractivity contribution in [3.63, 3.8) is 0 Å². The fourth-order valence-electron chi connectivity index (χ4n) is 1.65. The van der Waals surface area contributed by atoms with Gasteiger partial charge in [0.15, 0.2) is 5.78 Å². The first-order valence-corrected chi connectivity index (χ1v) is 6.14. The van der Waals surface area contributed by atoms with Gasteiger partial charge in [-0.1, -0.05) is 18.5 Å². The summed E-state index contributed by atoms with van der Waals surface area (Å²) < 4.78 is 13.7. The number of hydrogen-bond donors (Lipinski definition) is 0. The van der Waals surface area contributed by atoms with Crippen LogP contribution < -0.4 is 0 Å². The van der Waals surface area contributed by atoms with Gasteiger partial charge in [0, 0.05) is 28.6 Å². The summed E-state index contributed by atoms with van der Waals surface area (Å²) in [5.41, 5.74) is 0.954. The Hall–Kier alpha value is -0.540. The third-order valence-corrected chi connectivity index (χ3v) is 3.96. The average molecular weight is 245 g/mol. The van der Waals surface area contributed by atoms with Gasteiger partial charge in [-0.15, -0.1) is 0 Å². The zero-order chi connectivity index (χ0) is 11.0. The van der Waals surface area contributed by atoms with E-state index in [1.165, 1.54) is 6.07 Å². The van der Waals surface area contributed by atoms with Crippen molar-refractivity contribution in [1.82, 2.24) is 0 Å². The normalized spacial score (nSPS) is 21.0. The third-order valence-electron chi connectivity index (χ3n) is 2.48. The van der Waals surface area contributed by atoms with Gasteiger partial charge in [-0.25, -0.2) is 4.39 Å². The molecule has 4 heteroatoms. The Balaban J connectivity index is 2.53. The number of carbonyl (C=O) groups is 1. The zero-order valence-corrected chi connectivity index (χ0v) is 9.79. The predicted octanol–water partition coefficient (Wildman–Crippen LogP) is 3.69. The lowest BCUT2D eigenvalue weighted by molar-refractivity contribution is 0.0983. The number of benzene rings is 1. The van der Waals surface area contributed by atoms with Gasteiger partial charge in [-0.3, -0.25) is 4.79 Å². The molecule has 0 N–H and O–H groups in total. The average Bonchev–Trinajstić information content (AvgIpc) is 2.32. The highest BCUT2D eigenvalue weighted by molar-refractivity contribution is 7.99. The molecule has 1 aliphatic heterocycles. The fraction of sp³-hybridized carbons (Fsp3) is 0.364. The lowest BCUT2D eigenvalue weighted by atomic mass is 10.0. The van der Waals surface area contributed by atoms with Crippen LogP contribution in [0.5, 0.6) is 0 Å². The van der Waals surface area contributed by atoms with Crippen LogP contribution >= 0.6 is 23.4 Å². The van der Waals surface area contributed by atoms with Crippen molar-refractivity contribution < 1.29 is 9.18 Å². The minimum absolute atomic E-state index is 0.0121. The van der Waals surface area contributed by atoms with Crippen molar-refractivity contribution in [3.05, 3.63) is 34.1 Å². The largest absolute Gasteiger partial charge is 0.294 e. The maximum Gasteiger partial charge on any atom is 0.164 e. The van der Waals surface area contributed by atoms with Crippen molar-refractivity contribution >= 4 is 29.1 Å². The Morgan fingerprint density at radius 1 is 1.53 bits per heavy atom. The van der Waals surface area contributed by atoms with Crippen LogP contribution in [0.1, 0.15) is 29.3 Å². The van der Waals surface area contributed by atoms with E-state index in [2.05, 4.69) is 0 Å². The number of fused-ring (bicyclic) bond motifs is 1. The monoisotopic (exact) mass is 244 g/mol. The first-order valence-electron chi connectivity index (χ1n) is 4.71. The summed E-state index contributed by atoms with van der Waals surface area (Å²) in [5.74, 6) is 0.0939. The van der Waals surface area contributed by atoms with E-state index in [0.29, 0.717) is 23.3 Å². The van der Waals surface area contributed by atoms with Gasteiger partial charge in [0.2, 0.25) is 0 Å². The highest BCUT2D eigenvalue weighted by Gasteiger charge is 2.23. The molecule has 15 heavy (non-hydrogen) atoms. The quantitative estimate of drug-likeness (QED) is 0.693. The van der Waals surface area contributed by atoms with Crippen molar-refractivity contribution in [3.8, 4) is 0 Å². The molecule has 0 aromatic heterocycles. The van der Waals surface area contributed by atoms with Crippen molar-refractivity contribution in [2.45, 2.75) is 24.3 Å². The number of carbonyl (C=O) groups excluding carboxylic acids is 1. The molecule has 0 saturated carbocycles. The summed E-state index contributed by atoms with van der Waals surface area (Å²) >= 11 is 7.28. The predicted molar refractivity (Wildman–Crippen MR) is 61.1 cm³/mol. The van der Waals surface area contributed by atoms with Crippen LogP contribution in [0, 0.1) is 5.82 Å². The third kappa shape index (κ3) is 2.04. The minimum Gasteiger partial charge on any atom is -0.294 e. The first-order chi connectivity index (χ1) is 7.09. The SMILES string of the molecule is CC1CC(=O)c2ccc(Cl)c(F)c2CS1. The van der Waals surface area contributed by atoms with Crippen LogP contribution in [0.25, 0.3) is 0 Å². The molecule has 0 spiro atoms. The van der Waals surface area contributed by atoms with Gasteiger partial charge in [-0.05, 0) is 12.1 Å². The smallest absolute Gasteiger partial charge is 0.164 e. The molecule has 1 aliphatic rings. The van der Waals surface area contributed by atoms with E-state index in [4.69, 9.17) is 11.6 Å². The van der Waals surface area contributed by atoms with E-state index >= 15 is 0 Å². The molecule has 1 aromatic rings. The van der Waals surface area contributed by atoms with Crippen molar-refractivity contribution in [1.29, 1.82) is 0 Å². The summed E-state index contributed by atoms with van der Waals surface area (Å²) in [7, 11) is 0. The molecular weight excluding hydrogens is 235 g/mol. The second-order valence-electron chi connectivity index (χ2n) is 3.64. The van der Waals surface area contributed by atoms with Gasteiger partial charge in [-0.2, -0.15) is 11.8 Å². The molecule has 1 atom stereocenters. The lowest BCUT2D eigenvalue weighted by Crippen LogP contribution is -2.06. The Labute approximate surface area is 97.0 Å². The molecule has 0 aliphatic carbocycles. The molecule has 1 heterocycles.